The molecule has 5 aromatic carbocycles. The van der Waals surface area contributed by atoms with Gasteiger partial charge in [0.05, 0.1) is 17.8 Å². The number of anilines is 2. The normalized spacial score (nSPS) is 11.7. The Morgan fingerprint density at radius 3 is 2.27 bits per heavy atom. The average molecular weight is 699 g/mol. The Morgan fingerprint density at radius 1 is 0.812 bits per heavy atom. The number of phenolic OH excluding ortho intramolecular Hbond substituents is 1. The van der Waals surface area contributed by atoms with E-state index in [4.69, 9.17) is 27.9 Å². The van der Waals surface area contributed by atoms with Crippen molar-refractivity contribution in [2.24, 2.45) is 0 Å². The standard InChI is InChI=1S/C37H29Cl2N3O5S/c1-47-33-22-28(43)17-15-25(33)19-32(42-35(44)24-11-6-3-7-12-24)36(45)40-27-13-8-14-29(21-27)48-34(23-9-4-2-5-10-23)37(46)41-31-20-26(38)16-18-30(31)39/h2-22,34,43H,1H3,(H,40,45)(H,41,46)(H,42,44)/b32-19+. The minimum Gasteiger partial charge on any atom is -0.508 e. The van der Waals surface area contributed by atoms with E-state index >= 15 is 0 Å². The molecule has 0 aliphatic heterocycles. The van der Waals surface area contributed by atoms with Gasteiger partial charge >= 0.3 is 0 Å². The van der Waals surface area contributed by atoms with Crippen molar-refractivity contribution in [2.45, 2.75) is 10.1 Å². The molecular formula is C37H29Cl2N3O5S. The Kier molecular flexibility index (Phi) is 11.4. The highest BCUT2D eigenvalue weighted by molar-refractivity contribution is 8.00. The number of hydrogen-bond donors (Lipinski definition) is 4. The second-order valence-electron chi connectivity index (χ2n) is 10.3. The van der Waals surface area contributed by atoms with Gasteiger partial charge < -0.3 is 25.8 Å². The molecule has 0 heterocycles. The molecule has 0 saturated heterocycles. The Hall–Kier alpha value is -5.22. The molecule has 1 unspecified atom stereocenters. The van der Waals surface area contributed by atoms with Crippen molar-refractivity contribution >= 4 is 70.1 Å². The van der Waals surface area contributed by atoms with E-state index in [1.807, 2.05) is 36.4 Å². The van der Waals surface area contributed by atoms with Crippen LogP contribution in [0, 0.1) is 0 Å². The lowest BCUT2D eigenvalue weighted by Crippen LogP contribution is -2.30. The van der Waals surface area contributed by atoms with Crippen molar-refractivity contribution in [2.75, 3.05) is 17.7 Å². The molecule has 0 saturated carbocycles. The summed E-state index contributed by atoms with van der Waals surface area (Å²) in [7, 11) is 1.43. The number of methoxy groups -OCH3 is 1. The third-order valence-electron chi connectivity index (χ3n) is 6.92. The van der Waals surface area contributed by atoms with Gasteiger partial charge in [0.1, 0.15) is 22.4 Å². The SMILES string of the molecule is COc1cc(O)ccc1/C=C(/NC(=O)c1ccccc1)C(=O)Nc1cccc(SC(C(=O)Nc2cc(Cl)ccc2Cl)c2ccccc2)c1. The van der Waals surface area contributed by atoms with Crippen LogP contribution in [0.5, 0.6) is 11.5 Å². The number of ether oxygens (including phenoxy) is 1. The van der Waals surface area contributed by atoms with Crippen molar-refractivity contribution in [3.05, 3.63) is 154 Å². The number of nitrogens with one attached hydrogen (secondary N) is 3. The number of aromatic hydroxyl groups is 1. The van der Waals surface area contributed by atoms with Crippen LogP contribution < -0.4 is 20.7 Å². The lowest BCUT2D eigenvalue weighted by molar-refractivity contribution is -0.116. The highest BCUT2D eigenvalue weighted by Gasteiger charge is 2.24. The zero-order valence-corrected chi connectivity index (χ0v) is 27.8. The van der Waals surface area contributed by atoms with Gasteiger partial charge in [-0.3, -0.25) is 14.4 Å². The van der Waals surface area contributed by atoms with Crippen LogP contribution in [0.25, 0.3) is 6.08 Å². The van der Waals surface area contributed by atoms with E-state index in [1.165, 1.54) is 37.1 Å². The van der Waals surface area contributed by atoms with Gasteiger partial charge in [0.15, 0.2) is 0 Å². The van der Waals surface area contributed by atoms with Crippen LogP contribution in [0.15, 0.2) is 132 Å². The number of carbonyl (C=O) groups excluding carboxylic acids is 3. The van der Waals surface area contributed by atoms with E-state index in [1.54, 1.807) is 72.8 Å². The Morgan fingerprint density at radius 2 is 1.54 bits per heavy atom. The Labute approximate surface area is 291 Å². The molecular weight excluding hydrogens is 669 g/mol. The summed E-state index contributed by atoms with van der Waals surface area (Å²) in [6, 6.07) is 34.0. The van der Waals surface area contributed by atoms with Crippen LogP contribution >= 0.6 is 35.0 Å². The molecule has 1 atom stereocenters. The summed E-state index contributed by atoms with van der Waals surface area (Å²) in [5, 5.41) is 18.4. The summed E-state index contributed by atoms with van der Waals surface area (Å²) < 4.78 is 5.37. The summed E-state index contributed by atoms with van der Waals surface area (Å²) >= 11 is 13.7. The van der Waals surface area contributed by atoms with Crippen LogP contribution in [0.3, 0.4) is 0 Å². The summed E-state index contributed by atoms with van der Waals surface area (Å²) in [5.74, 6) is -1.13. The van der Waals surface area contributed by atoms with E-state index in [-0.39, 0.29) is 17.4 Å². The minimum atomic E-state index is -0.685. The second-order valence-corrected chi connectivity index (χ2v) is 12.3. The first-order valence-corrected chi connectivity index (χ1v) is 16.2. The molecule has 0 bridgehead atoms. The number of carbonyl (C=O) groups is 3. The molecule has 4 N–H and O–H groups in total. The fraction of sp³-hybridized carbons (Fsp3) is 0.0541. The molecule has 0 aromatic heterocycles. The Bertz CT molecular complexity index is 1970. The maximum absolute atomic E-state index is 13.7. The maximum atomic E-state index is 13.7. The van der Waals surface area contributed by atoms with Gasteiger partial charge in [-0.1, -0.05) is 77.8 Å². The molecule has 0 spiro atoms. The van der Waals surface area contributed by atoms with Crippen LogP contribution in [0.4, 0.5) is 11.4 Å². The second kappa shape index (κ2) is 16.1. The quantitative estimate of drug-likeness (QED) is 0.0812. The number of thioether (sulfide) groups is 1. The van der Waals surface area contributed by atoms with Crippen LogP contribution in [0.1, 0.15) is 26.7 Å². The maximum Gasteiger partial charge on any atom is 0.272 e. The first-order valence-electron chi connectivity index (χ1n) is 14.5. The first kappa shape index (κ1) is 34.1. The van der Waals surface area contributed by atoms with E-state index in [9.17, 15) is 19.5 Å². The third-order valence-corrected chi connectivity index (χ3v) is 8.73. The summed E-state index contributed by atoms with van der Waals surface area (Å²) in [5.41, 5.74) is 2.31. The summed E-state index contributed by atoms with van der Waals surface area (Å²) in [6.45, 7) is 0. The first-order chi connectivity index (χ1) is 23.2. The molecule has 0 aliphatic rings. The van der Waals surface area contributed by atoms with Gasteiger partial charge in [0, 0.05) is 32.8 Å². The van der Waals surface area contributed by atoms with Crippen molar-refractivity contribution < 1.29 is 24.2 Å². The minimum absolute atomic E-state index is 0.0178. The zero-order chi connectivity index (χ0) is 34.0. The van der Waals surface area contributed by atoms with Gasteiger partial charge in [0.25, 0.3) is 11.8 Å². The number of amides is 3. The number of rotatable bonds is 11. The van der Waals surface area contributed by atoms with Crippen molar-refractivity contribution in [1.82, 2.24) is 5.32 Å². The van der Waals surface area contributed by atoms with Crippen LogP contribution in [0.2, 0.25) is 10.0 Å². The summed E-state index contributed by atoms with van der Waals surface area (Å²) in [4.78, 5) is 41.1. The largest absolute Gasteiger partial charge is 0.508 e. The molecule has 48 heavy (non-hydrogen) atoms. The molecule has 8 nitrogen and oxygen atoms in total. The van der Waals surface area contributed by atoms with Crippen molar-refractivity contribution in [1.29, 1.82) is 0 Å². The van der Waals surface area contributed by atoms with Crippen molar-refractivity contribution in [3.63, 3.8) is 0 Å². The third kappa shape index (κ3) is 8.98. The predicted octanol–water partition coefficient (Wildman–Crippen LogP) is 8.59. The van der Waals surface area contributed by atoms with Gasteiger partial charge in [-0.2, -0.15) is 0 Å². The lowest BCUT2D eigenvalue weighted by Gasteiger charge is -2.18. The highest BCUT2D eigenvalue weighted by Crippen LogP contribution is 2.38. The molecule has 0 fully saturated rings. The predicted molar refractivity (Wildman–Crippen MR) is 192 cm³/mol. The van der Waals surface area contributed by atoms with Gasteiger partial charge in [-0.15, -0.1) is 11.8 Å². The molecule has 3 amide bonds. The van der Waals surface area contributed by atoms with Crippen LogP contribution in [-0.4, -0.2) is 29.9 Å². The molecule has 0 aliphatic carbocycles. The molecule has 5 aromatic rings. The molecule has 5 rings (SSSR count). The number of phenols is 1. The fourth-order valence-electron chi connectivity index (χ4n) is 4.59. The monoisotopic (exact) mass is 697 g/mol. The van der Waals surface area contributed by atoms with E-state index in [0.29, 0.717) is 43.2 Å². The summed E-state index contributed by atoms with van der Waals surface area (Å²) in [6.07, 6.45) is 1.46. The van der Waals surface area contributed by atoms with Crippen molar-refractivity contribution in [3.8, 4) is 11.5 Å². The fourth-order valence-corrected chi connectivity index (χ4v) is 6.01. The average Bonchev–Trinajstić information content (AvgIpc) is 3.10. The van der Waals surface area contributed by atoms with E-state index < -0.39 is 17.1 Å². The van der Waals surface area contributed by atoms with Gasteiger partial charge in [-0.25, -0.2) is 0 Å². The Balaban J connectivity index is 1.41. The number of benzene rings is 5. The van der Waals surface area contributed by atoms with E-state index in [0.717, 1.165) is 5.56 Å². The topological polar surface area (TPSA) is 117 Å². The highest BCUT2D eigenvalue weighted by atomic mass is 35.5. The van der Waals surface area contributed by atoms with Crippen LogP contribution in [-0.2, 0) is 9.59 Å². The molecule has 11 heteroatoms. The molecule has 0 radical (unpaired) electrons. The van der Waals surface area contributed by atoms with E-state index in [2.05, 4.69) is 16.0 Å². The molecule has 242 valence electrons. The van der Waals surface area contributed by atoms with Gasteiger partial charge in [0.2, 0.25) is 5.91 Å². The smallest absolute Gasteiger partial charge is 0.272 e. The number of hydrogen-bond acceptors (Lipinski definition) is 6. The zero-order valence-electron chi connectivity index (χ0n) is 25.4. The lowest BCUT2D eigenvalue weighted by atomic mass is 10.1. The number of halogens is 2. The van der Waals surface area contributed by atoms with Gasteiger partial charge in [-0.05, 0) is 72.3 Å².